The van der Waals surface area contributed by atoms with Crippen LogP contribution in [0.5, 0.6) is 0 Å². The Kier molecular flexibility index (Phi) is 6.08. The Labute approximate surface area is 127 Å². The molecule has 1 aromatic carbocycles. The van der Waals surface area contributed by atoms with Crippen molar-refractivity contribution in [3.05, 3.63) is 42.3 Å². The number of hydrogen-bond acceptors (Lipinski definition) is 0. The van der Waals surface area contributed by atoms with Gasteiger partial charge in [0, 0.05) is 5.56 Å². The van der Waals surface area contributed by atoms with Gasteiger partial charge in [-0.15, -0.1) is 5.54 Å². The Hall–Kier alpha value is -1.00. The molecule has 0 aliphatic heterocycles. The number of benzene rings is 1. The summed E-state index contributed by atoms with van der Waals surface area (Å²) in [6, 6.07) is 8.54. The van der Waals surface area contributed by atoms with Crippen LogP contribution in [0.4, 0.5) is 0 Å². The van der Waals surface area contributed by atoms with Crippen LogP contribution in [-0.4, -0.2) is 8.07 Å². The molecule has 0 nitrogen and oxygen atoms in total. The van der Waals surface area contributed by atoms with E-state index in [9.17, 15) is 0 Å². The van der Waals surface area contributed by atoms with Gasteiger partial charge in [-0.1, -0.05) is 59.6 Å². The molecule has 0 amide bonds. The molecule has 0 aromatic heterocycles. The molecule has 0 fully saturated rings. The van der Waals surface area contributed by atoms with Crippen LogP contribution in [0.25, 0.3) is 0 Å². The molecule has 0 saturated heterocycles. The predicted molar refractivity (Wildman–Crippen MR) is 93.4 cm³/mol. The smallest absolute Gasteiger partial charge is 0.125 e. The molecule has 0 aliphatic rings. The van der Waals surface area contributed by atoms with E-state index in [0.717, 1.165) is 12.0 Å². The lowest BCUT2D eigenvalue weighted by Gasteiger charge is -2.38. The standard InChI is InChI=1S/C19H29Si/c1-8-18-9-11-19(12-10-18)13-14-20(15(2)3,16(4)5)17(6)7/h9-12,15-17H,1,8H2,2-7H3. The maximum atomic E-state index is 3.91. The van der Waals surface area contributed by atoms with Gasteiger partial charge in [0.25, 0.3) is 0 Å². The second-order valence-corrected chi connectivity index (χ2v) is 12.2. The van der Waals surface area contributed by atoms with Gasteiger partial charge in [0.15, 0.2) is 0 Å². The largest absolute Gasteiger partial charge is 0.146 e. The van der Waals surface area contributed by atoms with E-state index in [0.29, 0.717) is 16.6 Å². The first-order chi connectivity index (χ1) is 9.34. The van der Waals surface area contributed by atoms with E-state index in [1.807, 2.05) is 0 Å². The van der Waals surface area contributed by atoms with Gasteiger partial charge < -0.3 is 0 Å². The Morgan fingerprint density at radius 3 is 1.70 bits per heavy atom. The summed E-state index contributed by atoms with van der Waals surface area (Å²) in [5.74, 6) is 3.47. The van der Waals surface area contributed by atoms with Crippen molar-refractivity contribution in [2.45, 2.75) is 64.6 Å². The van der Waals surface area contributed by atoms with Gasteiger partial charge in [0.05, 0.1) is 0 Å². The summed E-state index contributed by atoms with van der Waals surface area (Å²) in [7, 11) is -1.61. The zero-order chi connectivity index (χ0) is 15.3. The van der Waals surface area contributed by atoms with E-state index in [1.54, 1.807) is 0 Å². The minimum atomic E-state index is -1.61. The van der Waals surface area contributed by atoms with E-state index in [2.05, 4.69) is 84.2 Å². The quantitative estimate of drug-likeness (QED) is 0.496. The summed E-state index contributed by atoms with van der Waals surface area (Å²) in [4.78, 5) is 0. The highest BCUT2D eigenvalue weighted by Gasteiger charge is 2.41. The third-order valence-corrected chi connectivity index (χ3v) is 10.8. The maximum Gasteiger partial charge on any atom is 0.146 e. The highest BCUT2D eigenvalue weighted by molar-refractivity contribution is 6.90. The Balaban J connectivity index is 3.16. The fraction of sp³-hybridized carbons (Fsp3) is 0.526. The average molecular weight is 286 g/mol. The normalized spacial score (nSPS) is 11.9. The van der Waals surface area contributed by atoms with Crippen LogP contribution in [0.3, 0.4) is 0 Å². The fourth-order valence-corrected chi connectivity index (χ4v) is 8.60. The minimum Gasteiger partial charge on any atom is -0.125 e. The Morgan fingerprint density at radius 2 is 1.35 bits per heavy atom. The average Bonchev–Trinajstić information content (AvgIpc) is 2.38. The molecule has 0 saturated carbocycles. The summed E-state index contributed by atoms with van der Waals surface area (Å²) in [5, 5.41) is 0. The van der Waals surface area contributed by atoms with Crippen molar-refractivity contribution in [3.8, 4) is 11.5 Å². The van der Waals surface area contributed by atoms with E-state index >= 15 is 0 Å². The molecule has 0 heterocycles. The van der Waals surface area contributed by atoms with E-state index in [1.165, 1.54) is 5.56 Å². The van der Waals surface area contributed by atoms with Crippen molar-refractivity contribution < 1.29 is 0 Å². The molecule has 0 atom stereocenters. The Morgan fingerprint density at radius 1 is 0.900 bits per heavy atom. The van der Waals surface area contributed by atoms with Crippen molar-refractivity contribution in [1.29, 1.82) is 0 Å². The second-order valence-electron chi connectivity index (χ2n) is 6.59. The highest BCUT2D eigenvalue weighted by atomic mass is 28.3. The Bertz CT molecular complexity index is 447. The van der Waals surface area contributed by atoms with Crippen molar-refractivity contribution in [2.24, 2.45) is 0 Å². The van der Waals surface area contributed by atoms with Gasteiger partial charge in [-0.25, -0.2) is 0 Å². The fourth-order valence-electron chi connectivity index (χ4n) is 3.37. The lowest BCUT2D eigenvalue weighted by Crippen LogP contribution is -2.43. The molecule has 0 N–H and O–H groups in total. The molecule has 1 aromatic rings. The third kappa shape index (κ3) is 3.55. The van der Waals surface area contributed by atoms with E-state index < -0.39 is 8.07 Å². The van der Waals surface area contributed by atoms with Gasteiger partial charge in [-0.3, -0.25) is 0 Å². The van der Waals surface area contributed by atoms with Crippen molar-refractivity contribution in [1.82, 2.24) is 0 Å². The SMILES string of the molecule is [CH2]Cc1ccc(C#C[Si](C(C)C)(C(C)C)C(C)C)cc1. The summed E-state index contributed by atoms with van der Waals surface area (Å²) in [6.45, 7) is 18.0. The molecular weight excluding hydrogens is 256 g/mol. The molecule has 0 aliphatic carbocycles. The lowest BCUT2D eigenvalue weighted by atomic mass is 10.1. The molecule has 0 spiro atoms. The van der Waals surface area contributed by atoms with Gasteiger partial charge in [0.1, 0.15) is 8.07 Å². The monoisotopic (exact) mass is 285 g/mol. The minimum absolute atomic E-state index is 0.689. The first-order valence-corrected chi connectivity index (χ1v) is 9.99. The van der Waals surface area contributed by atoms with Gasteiger partial charge in [-0.05, 0) is 47.7 Å². The van der Waals surface area contributed by atoms with E-state index in [-0.39, 0.29) is 0 Å². The zero-order valence-electron chi connectivity index (χ0n) is 14.0. The van der Waals surface area contributed by atoms with Crippen LogP contribution in [-0.2, 0) is 6.42 Å². The second kappa shape index (κ2) is 7.13. The van der Waals surface area contributed by atoms with Crippen LogP contribution in [0.2, 0.25) is 16.6 Å². The summed E-state index contributed by atoms with van der Waals surface area (Å²) in [6.07, 6.45) is 0.844. The predicted octanol–water partition coefficient (Wildman–Crippen LogP) is 5.63. The molecule has 109 valence electrons. The lowest BCUT2D eigenvalue weighted by molar-refractivity contribution is 0.838. The third-order valence-electron chi connectivity index (χ3n) is 4.53. The van der Waals surface area contributed by atoms with Crippen LogP contribution in [0.15, 0.2) is 24.3 Å². The zero-order valence-corrected chi connectivity index (χ0v) is 15.0. The molecule has 20 heavy (non-hydrogen) atoms. The van der Waals surface area contributed by atoms with Gasteiger partial charge in [0.2, 0.25) is 0 Å². The van der Waals surface area contributed by atoms with Crippen molar-refractivity contribution in [3.63, 3.8) is 0 Å². The van der Waals surface area contributed by atoms with Crippen LogP contribution in [0.1, 0.15) is 52.7 Å². The van der Waals surface area contributed by atoms with Crippen molar-refractivity contribution >= 4 is 8.07 Å². The number of hydrogen-bond donors (Lipinski definition) is 0. The van der Waals surface area contributed by atoms with Gasteiger partial charge >= 0.3 is 0 Å². The molecule has 1 radical (unpaired) electrons. The topological polar surface area (TPSA) is 0 Å². The molecular formula is C19H29Si. The molecule has 0 unspecified atom stereocenters. The molecule has 1 rings (SSSR count). The molecule has 1 heteroatoms. The summed E-state index contributed by atoms with van der Waals surface area (Å²) >= 11 is 0. The summed E-state index contributed by atoms with van der Waals surface area (Å²) in [5.41, 5.74) is 8.24. The van der Waals surface area contributed by atoms with E-state index in [4.69, 9.17) is 0 Å². The maximum absolute atomic E-state index is 3.91. The summed E-state index contributed by atoms with van der Waals surface area (Å²) < 4.78 is 0. The molecule has 0 bridgehead atoms. The first-order valence-electron chi connectivity index (χ1n) is 7.76. The number of rotatable bonds is 4. The van der Waals surface area contributed by atoms with Crippen LogP contribution >= 0.6 is 0 Å². The van der Waals surface area contributed by atoms with Crippen LogP contribution < -0.4 is 0 Å². The van der Waals surface area contributed by atoms with Crippen molar-refractivity contribution in [2.75, 3.05) is 0 Å². The van der Waals surface area contributed by atoms with Gasteiger partial charge in [-0.2, -0.15) is 0 Å². The first kappa shape index (κ1) is 17.0. The highest BCUT2D eigenvalue weighted by Crippen LogP contribution is 2.40. The van der Waals surface area contributed by atoms with Crippen LogP contribution in [0, 0.1) is 18.4 Å².